The summed E-state index contributed by atoms with van der Waals surface area (Å²) < 4.78 is 30.8. The van der Waals surface area contributed by atoms with Gasteiger partial charge < -0.3 is 0 Å². The van der Waals surface area contributed by atoms with E-state index in [0.717, 1.165) is 16.8 Å². The van der Waals surface area contributed by atoms with Crippen LogP contribution in [0.3, 0.4) is 0 Å². The molecule has 1 aliphatic rings. The quantitative estimate of drug-likeness (QED) is 0.478. The summed E-state index contributed by atoms with van der Waals surface area (Å²) in [5.41, 5.74) is 2.81. The third kappa shape index (κ3) is 5.03. The predicted molar refractivity (Wildman–Crippen MR) is 124 cm³/mol. The van der Waals surface area contributed by atoms with Crippen molar-refractivity contribution < 1.29 is 8.42 Å². The Morgan fingerprint density at radius 1 is 1.20 bits per heavy atom. The predicted octanol–water partition coefficient (Wildman–Crippen LogP) is 3.84. The molecule has 30 heavy (non-hydrogen) atoms. The number of benzene rings is 1. The minimum Gasteiger partial charge on any atom is -0.265 e. The minimum atomic E-state index is -3.78. The summed E-state index contributed by atoms with van der Waals surface area (Å²) in [5, 5.41) is 7.41. The van der Waals surface area contributed by atoms with E-state index in [9.17, 15) is 8.42 Å². The van der Waals surface area contributed by atoms with Gasteiger partial charge in [0.05, 0.1) is 12.3 Å². The van der Waals surface area contributed by atoms with Crippen LogP contribution in [0, 0.1) is 0 Å². The summed E-state index contributed by atoms with van der Waals surface area (Å²) in [6, 6.07) is 11.4. The maximum atomic E-state index is 12.7. The van der Waals surface area contributed by atoms with E-state index in [1.54, 1.807) is 37.5 Å². The van der Waals surface area contributed by atoms with E-state index in [0.29, 0.717) is 29.8 Å². The first-order valence-electron chi connectivity index (χ1n) is 9.55. The molecule has 2 heterocycles. The van der Waals surface area contributed by atoms with Crippen molar-refractivity contribution in [3.63, 3.8) is 0 Å². The SMILES string of the molecule is CCN(CC)S(=O)(=O)/N=C(\SC)N1CC(c2ccncc2)C(c2ccc(Cl)cc2)=N1. The summed E-state index contributed by atoms with van der Waals surface area (Å²) in [6.07, 6.45) is 5.28. The third-order valence-corrected chi connectivity index (χ3v) is 7.40. The lowest BCUT2D eigenvalue weighted by Gasteiger charge is -2.19. The summed E-state index contributed by atoms with van der Waals surface area (Å²) >= 11 is 7.31. The van der Waals surface area contributed by atoms with Crippen LogP contribution in [0.2, 0.25) is 5.02 Å². The molecule has 1 unspecified atom stereocenters. The number of hydrogen-bond acceptors (Lipinski definition) is 5. The number of amidine groups is 1. The van der Waals surface area contributed by atoms with Gasteiger partial charge in [-0.25, -0.2) is 5.01 Å². The summed E-state index contributed by atoms with van der Waals surface area (Å²) in [4.78, 5) is 4.10. The summed E-state index contributed by atoms with van der Waals surface area (Å²) in [6.45, 7) is 4.80. The fraction of sp³-hybridized carbons (Fsp3) is 0.350. The Labute approximate surface area is 187 Å². The molecule has 1 atom stereocenters. The molecule has 0 radical (unpaired) electrons. The normalized spacial score (nSPS) is 17.5. The number of halogens is 1. The van der Waals surface area contributed by atoms with Crippen LogP contribution in [0.25, 0.3) is 0 Å². The van der Waals surface area contributed by atoms with Crippen molar-refractivity contribution in [2.24, 2.45) is 9.50 Å². The average Bonchev–Trinajstić information content (AvgIpc) is 3.19. The van der Waals surface area contributed by atoms with Crippen molar-refractivity contribution in [2.45, 2.75) is 19.8 Å². The zero-order valence-corrected chi connectivity index (χ0v) is 19.5. The number of hydrazone groups is 1. The lowest BCUT2D eigenvalue weighted by atomic mass is 9.91. The van der Waals surface area contributed by atoms with Crippen LogP contribution in [0.4, 0.5) is 0 Å². The van der Waals surface area contributed by atoms with E-state index in [-0.39, 0.29) is 5.92 Å². The number of thioether (sulfide) groups is 1. The van der Waals surface area contributed by atoms with E-state index in [1.807, 2.05) is 36.4 Å². The molecule has 1 aromatic heterocycles. The number of aromatic nitrogens is 1. The monoisotopic (exact) mass is 465 g/mol. The molecule has 0 saturated heterocycles. The Morgan fingerprint density at radius 2 is 1.83 bits per heavy atom. The van der Waals surface area contributed by atoms with Gasteiger partial charge in [-0.15, -0.1) is 4.40 Å². The Bertz CT molecular complexity index is 1020. The molecule has 0 N–H and O–H groups in total. The van der Waals surface area contributed by atoms with Crippen LogP contribution in [0.1, 0.15) is 30.9 Å². The summed E-state index contributed by atoms with van der Waals surface area (Å²) in [7, 11) is -3.78. The van der Waals surface area contributed by atoms with Crippen molar-refractivity contribution in [1.29, 1.82) is 0 Å². The molecule has 160 valence electrons. The molecule has 0 spiro atoms. The van der Waals surface area contributed by atoms with Crippen LogP contribution in [0.15, 0.2) is 58.3 Å². The average molecular weight is 466 g/mol. The molecule has 1 aromatic carbocycles. The third-order valence-electron chi connectivity index (χ3n) is 4.79. The molecule has 7 nitrogen and oxygen atoms in total. The fourth-order valence-corrected chi connectivity index (χ4v) is 5.35. The number of nitrogens with zero attached hydrogens (tertiary/aromatic N) is 5. The van der Waals surface area contributed by atoms with Crippen molar-refractivity contribution in [1.82, 2.24) is 14.3 Å². The lowest BCUT2D eigenvalue weighted by molar-refractivity contribution is 0.443. The van der Waals surface area contributed by atoms with Crippen LogP contribution >= 0.6 is 23.4 Å². The molecule has 2 aromatic rings. The van der Waals surface area contributed by atoms with Crippen LogP contribution in [-0.2, 0) is 10.2 Å². The van der Waals surface area contributed by atoms with Gasteiger partial charge in [0.15, 0.2) is 5.17 Å². The number of pyridine rings is 1. The van der Waals surface area contributed by atoms with Crippen molar-refractivity contribution in [2.75, 3.05) is 25.9 Å². The van der Waals surface area contributed by atoms with Gasteiger partial charge in [0, 0.05) is 36.4 Å². The Hall–Kier alpha value is -1.94. The van der Waals surface area contributed by atoms with Gasteiger partial charge >= 0.3 is 10.2 Å². The lowest BCUT2D eigenvalue weighted by Crippen LogP contribution is -2.32. The molecule has 0 saturated carbocycles. The summed E-state index contributed by atoms with van der Waals surface area (Å²) in [5.74, 6) is -0.0531. The van der Waals surface area contributed by atoms with Gasteiger partial charge in [0.2, 0.25) is 0 Å². The second-order valence-electron chi connectivity index (χ2n) is 6.55. The molecular formula is C20H24ClN5O2S2. The molecule has 0 amide bonds. The van der Waals surface area contributed by atoms with Crippen LogP contribution in [0.5, 0.6) is 0 Å². The van der Waals surface area contributed by atoms with E-state index in [1.165, 1.54) is 16.1 Å². The molecule has 1 aliphatic heterocycles. The number of rotatable bonds is 6. The van der Waals surface area contributed by atoms with Crippen LogP contribution in [-0.4, -0.2) is 59.5 Å². The molecule has 0 bridgehead atoms. The van der Waals surface area contributed by atoms with Crippen molar-refractivity contribution in [3.8, 4) is 0 Å². The molecule has 3 rings (SSSR count). The minimum absolute atomic E-state index is 0.0531. The highest BCUT2D eigenvalue weighted by molar-refractivity contribution is 8.13. The van der Waals surface area contributed by atoms with E-state index >= 15 is 0 Å². The Morgan fingerprint density at radius 3 is 2.40 bits per heavy atom. The van der Waals surface area contributed by atoms with E-state index < -0.39 is 10.2 Å². The Balaban J connectivity index is 2.02. The zero-order valence-electron chi connectivity index (χ0n) is 17.1. The van der Waals surface area contributed by atoms with E-state index in [2.05, 4.69) is 9.38 Å². The van der Waals surface area contributed by atoms with Gasteiger partial charge in [-0.1, -0.05) is 49.3 Å². The zero-order chi connectivity index (χ0) is 21.7. The van der Waals surface area contributed by atoms with Crippen molar-refractivity contribution in [3.05, 3.63) is 64.9 Å². The molecule has 0 fully saturated rings. The van der Waals surface area contributed by atoms with Gasteiger partial charge in [-0.3, -0.25) is 4.98 Å². The first-order chi connectivity index (χ1) is 14.4. The highest BCUT2D eigenvalue weighted by atomic mass is 35.5. The second kappa shape index (κ2) is 9.91. The maximum absolute atomic E-state index is 12.7. The van der Waals surface area contributed by atoms with E-state index in [4.69, 9.17) is 16.7 Å². The van der Waals surface area contributed by atoms with Gasteiger partial charge in [0.1, 0.15) is 0 Å². The number of hydrogen-bond donors (Lipinski definition) is 0. The first-order valence-corrected chi connectivity index (χ1v) is 12.6. The van der Waals surface area contributed by atoms with Gasteiger partial charge in [-0.2, -0.15) is 17.8 Å². The Kier molecular flexibility index (Phi) is 7.51. The topological polar surface area (TPSA) is 78.2 Å². The maximum Gasteiger partial charge on any atom is 0.324 e. The first kappa shape index (κ1) is 22.7. The van der Waals surface area contributed by atoms with Gasteiger partial charge in [-0.05, 0) is 41.6 Å². The highest BCUT2D eigenvalue weighted by Crippen LogP contribution is 2.30. The fourth-order valence-electron chi connectivity index (χ4n) is 3.26. The molecular weight excluding hydrogens is 442 g/mol. The highest BCUT2D eigenvalue weighted by Gasteiger charge is 2.32. The largest absolute Gasteiger partial charge is 0.324 e. The standard InChI is InChI=1S/C20H24ClN5O2S2/c1-4-25(5-2)30(27,28)24-20(29-3)26-14-18(15-10-12-22-13-11-15)19(23-26)16-6-8-17(21)9-7-16/h6-13,18H,4-5,14H2,1-3H3/b24-20-. The second-order valence-corrected chi connectivity index (χ2v) is 9.35. The molecule has 10 heteroatoms. The molecule has 0 aliphatic carbocycles. The van der Waals surface area contributed by atoms with Crippen LogP contribution < -0.4 is 0 Å². The van der Waals surface area contributed by atoms with Crippen molar-refractivity contribution >= 4 is 44.5 Å². The smallest absolute Gasteiger partial charge is 0.265 e. The van der Waals surface area contributed by atoms with Gasteiger partial charge in [0.25, 0.3) is 0 Å².